The second-order valence-corrected chi connectivity index (χ2v) is 3.20. The van der Waals surface area contributed by atoms with Crippen LogP contribution in [0, 0.1) is 5.41 Å². The van der Waals surface area contributed by atoms with Crippen molar-refractivity contribution in [1.29, 1.82) is 0 Å². The van der Waals surface area contributed by atoms with Crippen LogP contribution in [0.3, 0.4) is 0 Å². The Morgan fingerprint density at radius 2 is 1.92 bits per heavy atom. The van der Waals surface area contributed by atoms with Gasteiger partial charge in [0.05, 0.1) is 13.2 Å². The minimum atomic E-state index is 0. The molecule has 66 valence electrons. The third-order valence-corrected chi connectivity index (χ3v) is 2.29. The van der Waals surface area contributed by atoms with Crippen molar-refractivity contribution in [2.75, 3.05) is 26.3 Å². The van der Waals surface area contributed by atoms with Crippen LogP contribution < -0.4 is 51.4 Å². The van der Waals surface area contributed by atoms with Gasteiger partial charge in [-0.15, -0.1) is 13.1 Å². The van der Waals surface area contributed by atoms with Crippen molar-refractivity contribution in [3.63, 3.8) is 0 Å². The molecule has 3 heteroatoms. The van der Waals surface area contributed by atoms with Gasteiger partial charge in [0, 0.05) is 0 Å². The second-order valence-electron chi connectivity index (χ2n) is 3.20. The van der Waals surface area contributed by atoms with Gasteiger partial charge in [0.2, 0.25) is 0 Å². The van der Waals surface area contributed by atoms with Crippen molar-refractivity contribution in [1.82, 2.24) is 0 Å². The minimum Gasteiger partial charge on any atom is -0.662 e. The van der Waals surface area contributed by atoms with Gasteiger partial charge in [0.15, 0.2) is 0 Å². The Labute approximate surface area is 118 Å². The first kappa shape index (κ1) is 13.6. The van der Waals surface area contributed by atoms with Gasteiger partial charge in [0.25, 0.3) is 0 Å². The van der Waals surface area contributed by atoms with Gasteiger partial charge in [-0.3, -0.25) is 0 Å². The largest absolute Gasteiger partial charge is 1.00 e. The summed E-state index contributed by atoms with van der Waals surface area (Å²) in [6, 6.07) is 0. The van der Waals surface area contributed by atoms with Gasteiger partial charge in [-0.2, -0.15) is 0 Å². The van der Waals surface area contributed by atoms with E-state index in [-0.39, 0.29) is 51.4 Å². The fourth-order valence-electron chi connectivity index (χ4n) is 1.59. The third kappa shape index (κ3) is 3.37. The number of piperidine rings is 1. The third-order valence-electron chi connectivity index (χ3n) is 2.29. The van der Waals surface area contributed by atoms with E-state index in [1.165, 1.54) is 12.8 Å². The van der Waals surface area contributed by atoms with Crippen LogP contribution in [0.25, 0.3) is 5.32 Å². The number of rotatable bonds is 0. The Morgan fingerprint density at radius 1 is 1.25 bits per heavy atom. The Hall–Kier alpha value is 1.56. The second kappa shape index (κ2) is 6.93. The molecule has 2 rings (SSSR count). The van der Waals surface area contributed by atoms with Gasteiger partial charge in [-0.05, 0) is 11.8 Å². The molecule has 0 N–H and O–H groups in total. The molecule has 2 heterocycles. The van der Waals surface area contributed by atoms with Gasteiger partial charge in [-0.1, -0.05) is 20.3 Å². The molecule has 0 aromatic carbocycles. The first-order valence-corrected chi connectivity index (χ1v) is 4.62. The van der Waals surface area contributed by atoms with Crippen LogP contribution in [-0.4, -0.2) is 26.3 Å². The normalized spacial score (nSPS) is 24.5. The molecular formula is C9H18KNO. The average molecular weight is 195 g/mol. The molecule has 0 unspecified atom stereocenters. The zero-order valence-electron chi connectivity index (χ0n) is 8.60. The van der Waals surface area contributed by atoms with Crippen molar-refractivity contribution < 1.29 is 56.1 Å². The Morgan fingerprint density at radius 3 is 2.17 bits per heavy atom. The molecule has 2 aliphatic heterocycles. The van der Waals surface area contributed by atoms with Crippen LogP contribution in [0.4, 0.5) is 0 Å². The van der Waals surface area contributed by atoms with E-state index in [2.05, 4.69) is 5.32 Å². The van der Waals surface area contributed by atoms with E-state index >= 15 is 0 Å². The summed E-state index contributed by atoms with van der Waals surface area (Å²) in [5, 5.41) is 4.37. The molecule has 0 aromatic rings. The minimum absolute atomic E-state index is 0. The number of nitrogens with zero attached hydrogens (tertiary/aromatic N) is 1. The first-order valence-electron chi connectivity index (χ1n) is 4.62. The quantitative estimate of drug-likeness (QED) is 0.464. The van der Waals surface area contributed by atoms with Gasteiger partial charge < -0.3 is 10.1 Å². The molecule has 2 saturated heterocycles. The fraction of sp³-hybridized carbons (Fsp3) is 1.00. The van der Waals surface area contributed by atoms with Crippen molar-refractivity contribution in [3.05, 3.63) is 5.32 Å². The molecule has 2 nitrogen and oxygen atoms in total. The summed E-state index contributed by atoms with van der Waals surface area (Å²) >= 11 is 0. The predicted octanol–water partition coefficient (Wildman–Crippen LogP) is -0.799. The van der Waals surface area contributed by atoms with Gasteiger partial charge in [-0.25, -0.2) is 0 Å². The molecule has 0 aliphatic carbocycles. The Kier molecular flexibility index (Phi) is 7.83. The number of ether oxygens (including phenoxy) is 1. The van der Waals surface area contributed by atoms with Gasteiger partial charge in [0.1, 0.15) is 0 Å². The van der Waals surface area contributed by atoms with E-state index in [1.807, 2.05) is 13.8 Å². The topological polar surface area (TPSA) is 23.3 Å². The van der Waals surface area contributed by atoms with E-state index in [4.69, 9.17) is 4.74 Å². The molecule has 0 atom stereocenters. The van der Waals surface area contributed by atoms with E-state index < -0.39 is 0 Å². The summed E-state index contributed by atoms with van der Waals surface area (Å²) in [4.78, 5) is 0. The summed E-state index contributed by atoms with van der Waals surface area (Å²) in [6.07, 6.45) is 2.62. The molecule has 1 spiro atoms. The van der Waals surface area contributed by atoms with Crippen molar-refractivity contribution in [3.8, 4) is 0 Å². The molecular weight excluding hydrogens is 177 g/mol. The van der Waals surface area contributed by atoms with Crippen molar-refractivity contribution in [2.45, 2.75) is 26.7 Å². The van der Waals surface area contributed by atoms with Crippen LogP contribution in [0.1, 0.15) is 26.7 Å². The van der Waals surface area contributed by atoms with Crippen LogP contribution in [0.2, 0.25) is 0 Å². The van der Waals surface area contributed by atoms with Crippen molar-refractivity contribution >= 4 is 0 Å². The Bertz CT molecular complexity index is 107. The molecule has 2 aliphatic rings. The van der Waals surface area contributed by atoms with E-state index in [1.54, 1.807) is 0 Å². The van der Waals surface area contributed by atoms with Crippen LogP contribution in [0.15, 0.2) is 0 Å². The maximum absolute atomic E-state index is 5.16. The van der Waals surface area contributed by atoms with E-state index in [9.17, 15) is 0 Å². The standard InChI is InChI=1S/C7H12NO.C2H6.K/c1-2-7(4-8-3-1)5-9-6-7;1-2;/h1-6H2;1-2H3;/q-1;;+1. The SMILES string of the molecule is C1C[N-]CC2(C1)COC2.CC.[K+]. The average Bonchev–Trinajstić information content (AvgIpc) is 2.07. The molecule has 2 fully saturated rings. The van der Waals surface area contributed by atoms with Crippen LogP contribution >= 0.6 is 0 Å². The number of hydrogen-bond donors (Lipinski definition) is 0. The molecule has 0 saturated carbocycles. The maximum atomic E-state index is 5.16. The summed E-state index contributed by atoms with van der Waals surface area (Å²) < 4.78 is 5.16. The zero-order chi connectivity index (χ0) is 8.16. The fourth-order valence-corrected chi connectivity index (χ4v) is 1.59. The van der Waals surface area contributed by atoms with Crippen LogP contribution in [-0.2, 0) is 4.74 Å². The Balaban J connectivity index is 0.000000378. The summed E-state index contributed by atoms with van der Waals surface area (Å²) in [5.41, 5.74) is 0.512. The summed E-state index contributed by atoms with van der Waals surface area (Å²) in [5.74, 6) is 0. The first-order chi connectivity index (χ1) is 5.41. The van der Waals surface area contributed by atoms with E-state index in [0.717, 1.165) is 26.3 Å². The molecule has 0 amide bonds. The maximum Gasteiger partial charge on any atom is 1.00 e. The summed E-state index contributed by atoms with van der Waals surface area (Å²) in [7, 11) is 0. The van der Waals surface area contributed by atoms with Crippen LogP contribution in [0.5, 0.6) is 0 Å². The number of hydrogen-bond acceptors (Lipinski definition) is 1. The molecule has 0 bridgehead atoms. The monoisotopic (exact) mass is 195 g/mol. The molecule has 12 heavy (non-hydrogen) atoms. The smallest absolute Gasteiger partial charge is 0.662 e. The van der Waals surface area contributed by atoms with E-state index in [0.29, 0.717) is 5.41 Å². The zero-order valence-corrected chi connectivity index (χ0v) is 11.7. The van der Waals surface area contributed by atoms with Gasteiger partial charge >= 0.3 is 51.4 Å². The summed E-state index contributed by atoms with van der Waals surface area (Å²) in [6.45, 7) is 8.09. The van der Waals surface area contributed by atoms with Crippen molar-refractivity contribution in [2.24, 2.45) is 5.41 Å². The molecule has 0 aromatic heterocycles. The molecule has 0 radical (unpaired) electrons. The predicted molar refractivity (Wildman–Crippen MR) is 46.9 cm³/mol.